The number of rotatable bonds is 4. The molecule has 1 N–H and O–H groups in total. The molecule has 108 valence electrons. The molecule has 1 saturated heterocycles. The molecule has 3 nitrogen and oxygen atoms in total. The minimum absolute atomic E-state index is 0.0657. The van der Waals surface area contributed by atoms with Crippen molar-refractivity contribution in [2.24, 2.45) is 0 Å². The summed E-state index contributed by atoms with van der Waals surface area (Å²) in [5, 5.41) is 3.46. The Balaban J connectivity index is 2.21. The van der Waals surface area contributed by atoms with Gasteiger partial charge < -0.3 is 9.88 Å². The number of nitrogens with one attached hydrogen (secondary N) is 1. The van der Waals surface area contributed by atoms with Gasteiger partial charge in [0.05, 0.1) is 5.52 Å². The third-order valence-electron chi connectivity index (χ3n) is 4.49. The number of benzene rings is 1. The van der Waals surface area contributed by atoms with Crippen molar-refractivity contribution in [1.29, 1.82) is 0 Å². The van der Waals surface area contributed by atoms with E-state index in [9.17, 15) is 4.39 Å². The molecule has 3 rings (SSSR count). The van der Waals surface area contributed by atoms with Crippen LogP contribution in [0.1, 0.15) is 38.9 Å². The Morgan fingerprint density at radius 1 is 1.40 bits per heavy atom. The first-order valence-electron chi connectivity index (χ1n) is 7.58. The van der Waals surface area contributed by atoms with Crippen LogP contribution in [0.2, 0.25) is 0 Å². The average Bonchev–Trinajstić information content (AvgIpc) is 3.04. The van der Waals surface area contributed by atoms with E-state index in [1.54, 1.807) is 6.07 Å². The average molecular weight is 275 g/mol. The Kier molecular flexibility index (Phi) is 3.50. The third-order valence-corrected chi connectivity index (χ3v) is 4.49. The summed E-state index contributed by atoms with van der Waals surface area (Å²) < 4.78 is 16.2. The highest BCUT2D eigenvalue weighted by Crippen LogP contribution is 2.36. The predicted octanol–water partition coefficient (Wildman–Crippen LogP) is 3.23. The Hall–Kier alpha value is -1.42. The normalized spacial score (nSPS) is 22.8. The third kappa shape index (κ3) is 1.94. The van der Waals surface area contributed by atoms with E-state index >= 15 is 0 Å². The summed E-state index contributed by atoms with van der Waals surface area (Å²) in [6.45, 7) is 7.12. The van der Waals surface area contributed by atoms with Gasteiger partial charge in [0.1, 0.15) is 11.3 Å². The molecule has 1 atom stereocenters. The van der Waals surface area contributed by atoms with Gasteiger partial charge in [-0.25, -0.2) is 9.37 Å². The van der Waals surface area contributed by atoms with Crippen LogP contribution in [0, 0.1) is 5.82 Å². The lowest BCUT2D eigenvalue weighted by molar-refractivity contribution is 0.387. The van der Waals surface area contributed by atoms with E-state index in [1.165, 1.54) is 6.07 Å². The molecular weight excluding hydrogens is 253 g/mol. The van der Waals surface area contributed by atoms with Gasteiger partial charge in [-0.3, -0.25) is 0 Å². The maximum absolute atomic E-state index is 14.0. The maximum Gasteiger partial charge on any atom is 0.151 e. The maximum atomic E-state index is 14.0. The van der Waals surface area contributed by atoms with Crippen LogP contribution in [-0.4, -0.2) is 22.6 Å². The van der Waals surface area contributed by atoms with Crippen LogP contribution in [0.3, 0.4) is 0 Å². The first-order chi connectivity index (χ1) is 9.72. The lowest BCUT2D eigenvalue weighted by Crippen LogP contribution is -2.32. The molecule has 1 aliphatic rings. The molecule has 1 aromatic carbocycles. The monoisotopic (exact) mass is 275 g/mol. The first kappa shape index (κ1) is 13.6. The molecule has 4 heteroatoms. The summed E-state index contributed by atoms with van der Waals surface area (Å²) in [5.74, 6) is 0.848. The Morgan fingerprint density at radius 3 is 2.90 bits per heavy atom. The lowest BCUT2D eigenvalue weighted by atomic mass is 9.81. The summed E-state index contributed by atoms with van der Waals surface area (Å²) >= 11 is 0. The van der Waals surface area contributed by atoms with Gasteiger partial charge >= 0.3 is 0 Å². The molecule has 2 heterocycles. The van der Waals surface area contributed by atoms with Crippen LogP contribution in [0.25, 0.3) is 11.0 Å². The largest absolute Gasteiger partial charge is 0.328 e. The van der Waals surface area contributed by atoms with Crippen LogP contribution in [0.4, 0.5) is 4.39 Å². The van der Waals surface area contributed by atoms with Crippen molar-refractivity contribution in [3.05, 3.63) is 29.8 Å². The first-order valence-corrected chi connectivity index (χ1v) is 7.58. The number of hydrogen-bond acceptors (Lipinski definition) is 2. The summed E-state index contributed by atoms with van der Waals surface area (Å²) in [5.41, 5.74) is 1.51. The van der Waals surface area contributed by atoms with E-state index < -0.39 is 0 Å². The van der Waals surface area contributed by atoms with Crippen molar-refractivity contribution in [1.82, 2.24) is 14.9 Å². The van der Waals surface area contributed by atoms with E-state index in [0.29, 0.717) is 5.52 Å². The van der Waals surface area contributed by atoms with E-state index in [2.05, 4.69) is 23.7 Å². The second kappa shape index (κ2) is 5.17. The molecular formula is C16H22FN3. The highest BCUT2D eigenvalue weighted by Gasteiger charge is 2.39. The Bertz CT molecular complexity index is 611. The number of aromatic nitrogens is 2. The van der Waals surface area contributed by atoms with Gasteiger partial charge in [-0.2, -0.15) is 0 Å². The second-order valence-electron chi connectivity index (χ2n) is 5.74. The van der Waals surface area contributed by atoms with Gasteiger partial charge in [0.2, 0.25) is 0 Å². The van der Waals surface area contributed by atoms with Crippen LogP contribution in [0.15, 0.2) is 18.2 Å². The topological polar surface area (TPSA) is 29.9 Å². The van der Waals surface area contributed by atoms with Crippen molar-refractivity contribution in [3.63, 3.8) is 0 Å². The highest BCUT2D eigenvalue weighted by molar-refractivity contribution is 5.77. The predicted molar refractivity (Wildman–Crippen MR) is 79.4 cm³/mol. The van der Waals surface area contributed by atoms with Gasteiger partial charge in [-0.1, -0.05) is 19.4 Å². The molecule has 1 fully saturated rings. The van der Waals surface area contributed by atoms with Crippen LogP contribution in [-0.2, 0) is 12.0 Å². The molecule has 0 amide bonds. The molecule has 0 saturated carbocycles. The van der Waals surface area contributed by atoms with E-state index in [4.69, 9.17) is 4.98 Å². The van der Waals surface area contributed by atoms with Crippen molar-refractivity contribution < 1.29 is 4.39 Å². The number of aryl methyl sites for hydroxylation is 1. The number of hydrogen-bond donors (Lipinski definition) is 1. The summed E-state index contributed by atoms with van der Waals surface area (Å²) in [6.07, 6.45) is 3.31. The van der Waals surface area contributed by atoms with Crippen molar-refractivity contribution in [2.45, 2.75) is 45.1 Å². The number of para-hydroxylation sites is 1. The number of halogens is 1. The fourth-order valence-electron chi connectivity index (χ4n) is 3.58. The van der Waals surface area contributed by atoms with Crippen LogP contribution >= 0.6 is 0 Å². The zero-order valence-electron chi connectivity index (χ0n) is 12.2. The smallest absolute Gasteiger partial charge is 0.151 e. The minimum Gasteiger partial charge on any atom is -0.328 e. The molecule has 0 spiro atoms. The molecule has 0 aliphatic carbocycles. The van der Waals surface area contributed by atoms with Gasteiger partial charge in [-0.15, -0.1) is 0 Å². The zero-order chi connectivity index (χ0) is 14.2. The summed E-state index contributed by atoms with van der Waals surface area (Å²) in [6, 6.07) is 5.24. The highest BCUT2D eigenvalue weighted by atomic mass is 19.1. The van der Waals surface area contributed by atoms with Gasteiger partial charge in [0, 0.05) is 18.5 Å². The Morgan fingerprint density at radius 2 is 2.25 bits per heavy atom. The number of imidazole rings is 1. The molecule has 1 aliphatic heterocycles. The minimum atomic E-state index is -0.214. The quantitative estimate of drug-likeness (QED) is 0.928. The van der Waals surface area contributed by atoms with E-state index in [0.717, 1.165) is 50.2 Å². The molecule has 2 aromatic rings. The fraction of sp³-hybridized carbons (Fsp3) is 0.562. The van der Waals surface area contributed by atoms with Gasteiger partial charge in [-0.05, 0) is 38.4 Å². The van der Waals surface area contributed by atoms with Crippen LogP contribution < -0.4 is 5.32 Å². The fourth-order valence-corrected chi connectivity index (χ4v) is 3.58. The second-order valence-corrected chi connectivity index (χ2v) is 5.74. The number of nitrogens with zero attached hydrogens (tertiary/aromatic N) is 2. The van der Waals surface area contributed by atoms with Gasteiger partial charge in [0.25, 0.3) is 0 Å². The van der Waals surface area contributed by atoms with Crippen LogP contribution in [0.5, 0.6) is 0 Å². The number of fused-ring (bicyclic) bond motifs is 1. The van der Waals surface area contributed by atoms with E-state index in [1.807, 2.05) is 6.07 Å². The lowest BCUT2D eigenvalue weighted by Gasteiger charge is -2.28. The standard InChI is InChI=1S/C16H22FN3/c1-3-8-16(9-10-18-11-16)15-19-14-12(17)6-5-7-13(14)20(15)4-2/h5-7,18H,3-4,8-11H2,1-2H3. The van der Waals surface area contributed by atoms with E-state index in [-0.39, 0.29) is 11.2 Å². The molecule has 0 bridgehead atoms. The molecule has 0 radical (unpaired) electrons. The van der Waals surface area contributed by atoms with Crippen molar-refractivity contribution >= 4 is 11.0 Å². The Labute approximate surface area is 119 Å². The van der Waals surface area contributed by atoms with Crippen molar-refractivity contribution in [2.75, 3.05) is 13.1 Å². The SMILES string of the molecule is CCCC1(c2nc3c(F)cccc3n2CC)CCNC1. The van der Waals surface area contributed by atoms with Gasteiger partial charge in [0.15, 0.2) is 5.82 Å². The van der Waals surface area contributed by atoms with Crippen molar-refractivity contribution in [3.8, 4) is 0 Å². The zero-order valence-corrected chi connectivity index (χ0v) is 12.2. The summed E-state index contributed by atoms with van der Waals surface area (Å²) in [7, 11) is 0. The molecule has 1 aromatic heterocycles. The summed E-state index contributed by atoms with van der Waals surface area (Å²) in [4.78, 5) is 4.70. The molecule has 20 heavy (non-hydrogen) atoms. The molecule has 1 unspecified atom stereocenters.